The SMILES string of the molecule is COc1c(I)cc(I)cc1/C=C1/SC(=O)N(CC(=O)Nc2cccc(C)c2)C1=O. The fourth-order valence-electron chi connectivity index (χ4n) is 2.75. The maximum atomic E-state index is 12.7. The third kappa shape index (κ3) is 5.31. The molecule has 1 N–H and O–H groups in total. The van der Waals surface area contributed by atoms with Crippen molar-refractivity contribution < 1.29 is 19.1 Å². The van der Waals surface area contributed by atoms with Crippen LogP contribution >= 0.6 is 56.9 Å². The molecule has 29 heavy (non-hydrogen) atoms. The van der Waals surface area contributed by atoms with Gasteiger partial charge in [0.15, 0.2) is 0 Å². The Balaban J connectivity index is 1.78. The molecule has 2 aromatic rings. The number of rotatable bonds is 5. The summed E-state index contributed by atoms with van der Waals surface area (Å²) in [7, 11) is 1.56. The van der Waals surface area contributed by atoms with Gasteiger partial charge < -0.3 is 10.1 Å². The van der Waals surface area contributed by atoms with E-state index in [2.05, 4.69) is 50.5 Å². The van der Waals surface area contributed by atoms with E-state index in [0.29, 0.717) is 17.0 Å². The first-order valence-corrected chi connectivity index (χ1v) is 11.4. The Morgan fingerprint density at radius 2 is 2.00 bits per heavy atom. The number of aryl methyl sites for hydroxylation is 1. The number of carbonyl (C=O) groups excluding carboxylic acids is 3. The number of benzene rings is 2. The summed E-state index contributed by atoms with van der Waals surface area (Å²) < 4.78 is 7.32. The number of thioether (sulfide) groups is 1. The van der Waals surface area contributed by atoms with Crippen LogP contribution in [-0.2, 0) is 9.59 Å². The molecule has 0 atom stereocenters. The molecule has 150 valence electrons. The van der Waals surface area contributed by atoms with E-state index in [0.717, 1.165) is 29.4 Å². The molecule has 1 aliphatic heterocycles. The molecule has 0 radical (unpaired) electrons. The molecule has 3 rings (SSSR count). The molecule has 0 aromatic heterocycles. The lowest BCUT2D eigenvalue weighted by atomic mass is 10.2. The second-order valence-electron chi connectivity index (χ2n) is 6.20. The van der Waals surface area contributed by atoms with Gasteiger partial charge in [-0.05, 0) is 99.8 Å². The second kappa shape index (κ2) is 9.47. The predicted octanol–water partition coefficient (Wildman–Crippen LogP) is 4.89. The molecule has 1 heterocycles. The number of ether oxygens (including phenoxy) is 1. The van der Waals surface area contributed by atoms with E-state index in [-0.39, 0.29) is 11.4 Å². The molecule has 0 unspecified atom stereocenters. The fraction of sp³-hybridized carbons (Fsp3) is 0.150. The van der Waals surface area contributed by atoms with Crippen molar-refractivity contribution in [1.29, 1.82) is 0 Å². The molecular formula is C20H16I2N2O4S. The van der Waals surface area contributed by atoms with Gasteiger partial charge in [-0.3, -0.25) is 19.3 Å². The average molecular weight is 634 g/mol. The Bertz CT molecular complexity index is 1040. The zero-order valence-corrected chi connectivity index (χ0v) is 20.6. The van der Waals surface area contributed by atoms with Crippen molar-refractivity contribution >= 4 is 85.8 Å². The van der Waals surface area contributed by atoms with Crippen molar-refractivity contribution in [3.05, 3.63) is 59.6 Å². The number of halogens is 2. The zero-order valence-electron chi connectivity index (χ0n) is 15.5. The molecular weight excluding hydrogens is 618 g/mol. The molecule has 0 bridgehead atoms. The Kier molecular flexibility index (Phi) is 7.22. The summed E-state index contributed by atoms with van der Waals surface area (Å²) in [6.45, 7) is 1.58. The monoisotopic (exact) mass is 634 g/mol. The summed E-state index contributed by atoms with van der Waals surface area (Å²) in [6, 6.07) is 11.1. The summed E-state index contributed by atoms with van der Waals surface area (Å²) in [5.74, 6) is -0.286. The smallest absolute Gasteiger partial charge is 0.294 e. The van der Waals surface area contributed by atoms with Crippen molar-refractivity contribution in [2.45, 2.75) is 6.92 Å². The lowest BCUT2D eigenvalue weighted by Crippen LogP contribution is -2.36. The van der Waals surface area contributed by atoms with E-state index < -0.39 is 17.1 Å². The fourth-order valence-corrected chi connectivity index (χ4v) is 5.69. The standard InChI is InChI=1S/C20H16I2N2O4S/c1-11-4-3-5-14(6-11)23-17(25)10-24-19(26)16(29-20(24)27)8-12-7-13(21)9-15(22)18(12)28-2/h3-9H,10H2,1-2H3,(H,23,25)/b16-8+. The highest BCUT2D eigenvalue weighted by Crippen LogP contribution is 2.36. The highest BCUT2D eigenvalue weighted by molar-refractivity contribution is 14.1. The van der Waals surface area contributed by atoms with Crippen LogP contribution in [0.25, 0.3) is 6.08 Å². The maximum Gasteiger partial charge on any atom is 0.294 e. The first kappa shape index (κ1) is 22.1. The normalized spacial score (nSPS) is 15.2. The summed E-state index contributed by atoms with van der Waals surface area (Å²) >= 11 is 5.16. The van der Waals surface area contributed by atoms with Crippen LogP contribution in [0.4, 0.5) is 10.5 Å². The predicted molar refractivity (Wildman–Crippen MR) is 131 cm³/mol. The number of carbonyl (C=O) groups is 3. The Hall–Kier alpha value is -1.60. The van der Waals surface area contributed by atoms with E-state index in [9.17, 15) is 14.4 Å². The zero-order chi connectivity index (χ0) is 21.1. The minimum atomic E-state index is -0.490. The first-order valence-electron chi connectivity index (χ1n) is 8.43. The molecule has 3 amide bonds. The Morgan fingerprint density at radius 3 is 2.69 bits per heavy atom. The van der Waals surface area contributed by atoms with Crippen molar-refractivity contribution in [3.63, 3.8) is 0 Å². The molecule has 1 fully saturated rings. The van der Waals surface area contributed by atoms with Crippen LogP contribution in [0.5, 0.6) is 5.75 Å². The highest BCUT2D eigenvalue weighted by Gasteiger charge is 2.36. The molecule has 2 aromatic carbocycles. The van der Waals surface area contributed by atoms with Gasteiger partial charge in [0.25, 0.3) is 11.1 Å². The largest absolute Gasteiger partial charge is 0.495 e. The number of methoxy groups -OCH3 is 1. The summed E-state index contributed by atoms with van der Waals surface area (Å²) in [4.78, 5) is 38.6. The van der Waals surface area contributed by atoms with E-state index in [1.54, 1.807) is 19.3 Å². The van der Waals surface area contributed by atoms with E-state index in [1.807, 2.05) is 37.3 Å². The van der Waals surface area contributed by atoms with Gasteiger partial charge in [-0.1, -0.05) is 12.1 Å². The van der Waals surface area contributed by atoms with Crippen molar-refractivity contribution in [2.24, 2.45) is 0 Å². The third-order valence-electron chi connectivity index (χ3n) is 4.00. The molecule has 0 aliphatic carbocycles. The molecule has 1 saturated heterocycles. The minimum absolute atomic E-state index is 0.259. The quantitative estimate of drug-likeness (QED) is 0.375. The van der Waals surface area contributed by atoms with Crippen molar-refractivity contribution in [1.82, 2.24) is 4.90 Å². The second-order valence-corrected chi connectivity index (χ2v) is 9.60. The van der Waals surface area contributed by atoms with Crippen LogP contribution in [-0.4, -0.2) is 35.6 Å². The van der Waals surface area contributed by atoms with Crippen LogP contribution in [0.2, 0.25) is 0 Å². The number of amides is 3. The van der Waals surface area contributed by atoms with Crippen LogP contribution in [0.3, 0.4) is 0 Å². The molecule has 0 spiro atoms. The van der Waals surface area contributed by atoms with Crippen LogP contribution in [0.15, 0.2) is 41.3 Å². The Labute approximate surface area is 199 Å². The number of imide groups is 1. The van der Waals surface area contributed by atoms with Crippen LogP contribution < -0.4 is 10.1 Å². The van der Waals surface area contributed by atoms with Gasteiger partial charge in [-0.2, -0.15) is 0 Å². The van der Waals surface area contributed by atoms with Gasteiger partial charge >= 0.3 is 0 Å². The van der Waals surface area contributed by atoms with Crippen molar-refractivity contribution in [2.75, 3.05) is 19.0 Å². The van der Waals surface area contributed by atoms with Crippen LogP contribution in [0, 0.1) is 14.1 Å². The molecule has 6 nitrogen and oxygen atoms in total. The lowest BCUT2D eigenvalue weighted by Gasteiger charge is -2.13. The maximum absolute atomic E-state index is 12.7. The lowest BCUT2D eigenvalue weighted by molar-refractivity contribution is -0.127. The van der Waals surface area contributed by atoms with Gasteiger partial charge in [0.2, 0.25) is 5.91 Å². The van der Waals surface area contributed by atoms with Gasteiger partial charge in [0, 0.05) is 14.8 Å². The minimum Gasteiger partial charge on any atom is -0.495 e. The Morgan fingerprint density at radius 1 is 1.24 bits per heavy atom. The number of hydrogen-bond donors (Lipinski definition) is 1. The molecule has 1 aliphatic rings. The number of hydrogen-bond acceptors (Lipinski definition) is 5. The number of nitrogens with one attached hydrogen (secondary N) is 1. The number of anilines is 1. The van der Waals surface area contributed by atoms with E-state index in [1.165, 1.54) is 0 Å². The van der Waals surface area contributed by atoms with E-state index in [4.69, 9.17) is 4.74 Å². The van der Waals surface area contributed by atoms with E-state index >= 15 is 0 Å². The van der Waals surface area contributed by atoms with Gasteiger partial charge in [-0.25, -0.2) is 0 Å². The van der Waals surface area contributed by atoms with Gasteiger partial charge in [-0.15, -0.1) is 0 Å². The topological polar surface area (TPSA) is 75.7 Å². The number of nitrogens with zero attached hydrogens (tertiary/aromatic N) is 1. The summed E-state index contributed by atoms with van der Waals surface area (Å²) in [5, 5.41) is 2.24. The van der Waals surface area contributed by atoms with Gasteiger partial charge in [0.1, 0.15) is 12.3 Å². The van der Waals surface area contributed by atoms with Crippen molar-refractivity contribution in [3.8, 4) is 5.75 Å². The van der Waals surface area contributed by atoms with Crippen LogP contribution in [0.1, 0.15) is 11.1 Å². The highest BCUT2D eigenvalue weighted by atomic mass is 127. The molecule has 9 heteroatoms. The third-order valence-corrected chi connectivity index (χ3v) is 6.34. The summed E-state index contributed by atoms with van der Waals surface area (Å²) in [5.41, 5.74) is 2.33. The molecule has 0 saturated carbocycles. The van der Waals surface area contributed by atoms with Gasteiger partial charge in [0.05, 0.1) is 15.6 Å². The first-order chi connectivity index (χ1) is 13.8. The average Bonchev–Trinajstić information content (AvgIpc) is 2.89. The summed E-state index contributed by atoms with van der Waals surface area (Å²) in [6.07, 6.45) is 1.63.